The van der Waals surface area contributed by atoms with E-state index in [9.17, 15) is 14.9 Å². The van der Waals surface area contributed by atoms with Gasteiger partial charge in [-0.2, -0.15) is 10.2 Å². The SMILES string of the molecule is Cc1cc(NC(=O)c2cc(Cn3cc([N+](=O)[O-])cn3)cs2)nn1Cc1ccc(Cl)c(Cl)c1. The third-order valence-corrected chi connectivity index (χ3v) is 6.31. The molecule has 1 aromatic carbocycles. The van der Waals surface area contributed by atoms with Gasteiger partial charge in [-0.1, -0.05) is 29.3 Å². The van der Waals surface area contributed by atoms with Crippen molar-refractivity contribution in [2.24, 2.45) is 0 Å². The fourth-order valence-corrected chi connectivity index (χ4v) is 4.14. The highest BCUT2D eigenvalue weighted by Crippen LogP contribution is 2.24. The van der Waals surface area contributed by atoms with Crippen LogP contribution in [-0.4, -0.2) is 30.4 Å². The Morgan fingerprint density at radius 1 is 1.19 bits per heavy atom. The average Bonchev–Trinajstić information content (AvgIpc) is 3.46. The zero-order chi connectivity index (χ0) is 22.8. The van der Waals surface area contributed by atoms with Crippen molar-refractivity contribution in [3.05, 3.63) is 90.0 Å². The van der Waals surface area contributed by atoms with Crippen molar-refractivity contribution in [1.29, 1.82) is 0 Å². The van der Waals surface area contributed by atoms with Crippen LogP contribution in [0.3, 0.4) is 0 Å². The molecular weight excluding hydrogens is 475 g/mol. The quantitative estimate of drug-likeness (QED) is 0.289. The number of amides is 1. The number of hydrogen-bond donors (Lipinski definition) is 1. The number of thiophene rings is 1. The van der Waals surface area contributed by atoms with Gasteiger partial charge in [0.15, 0.2) is 5.82 Å². The van der Waals surface area contributed by atoms with Crippen LogP contribution in [0.5, 0.6) is 0 Å². The van der Waals surface area contributed by atoms with Crippen LogP contribution in [0.1, 0.15) is 26.5 Å². The highest BCUT2D eigenvalue weighted by molar-refractivity contribution is 7.12. The third-order valence-electron chi connectivity index (χ3n) is 4.59. The van der Waals surface area contributed by atoms with Crippen molar-refractivity contribution in [3.63, 3.8) is 0 Å². The molecule has 0 bridgehead atoms. The summed E-state index contributed by atoms with van der Waals surface area (Å²) in [5.41, 5.74) is 2.55. The van der Waals surface area contributed by atoms with E-state index in [1.165, 1.54) is 28.4 Å². The van der Waals surface area contributed by atoms with E-state index in [-0.39, 0.29) is 11.6 Å². The van der Waals surface area contributed by atoms with Gasteiger partial charge >= 0.3 is 5.69 Å². The average molecular weight is 491 g/mol. The van der Waals surface area contributed by atoms with Gasteiger partial charge in [-0.3, -0.25) is 24.3 Å². The van der Waals surface area contributed by atoms with Crippen LogP contribution in [0, 0.1) is 17.0 Å². The summed E-state index contributed by atoms with van der Waals surface area (Å²) in [6, 6.07) is 8.90. The second kappa shape index (κ2) is 9.11. The monoisotopic (exact) mass is 490 g/mol. The lowest BCUT2D eigenvalue weighted by Crippen LogP contribution is -2.11. The molecule has 1 amide bonds. The first-order valence-corrected chi connectivity index (χ1v) is 11.0. The summed E-state index contributed by atoms with van der Waals surface area (Å²) in [7, 11) is 0. The van der Waals surface area contributed by atoms with Gasteiger partial charge in [-0.25, -0.2) is 0 Å². The highest BCUT2D eigenvalue weighted by Gasteiger charge is 2.14. The molecule has 0 fully saturated rings. The number of aromatic nitrogens is 4. The maximum Gasteiger partial charge on any atom is 0.307 e. The number of anilines is 1. The molecule has 1 N–H and O–H groups in total. The third kappa shape index (κ3) is 4.98. The number of carbonyl (C=O) groups is 1. The van der Waals surface area contributed by atoms with Gasteiger partial charge in [0, 0.05) is 11.8 Å². The fourth-order valence-electron chi connectivity index (χ4n) is 3.02. The van der Waals surface area contributed by atoms with Crippen LogP contribution >= 0.6 is 34.5 Å². The Hall–Kier alpha value is -3.21. The first-order chi connectivity index (χ1) is 15.3. The molecule has 3 aromatic heterocycles. The molecule has 0 saturated carbocycles. The number of carbonyl (C=O) groups excluding carboxylic acids is 1. The summed E-state index contributed by atoms with van der Waals surface area (Å²) in [5, 5.41) is 24.8. The number of halogens is 2. The topological polar surface area (TPSA) is 108 Å². The van der Waals surface area contributed by atoms with Gasteiger partial charge in [0.05, 0.1) is 32.9 Å². The van der Waals surface area contributed by atoms with Crippen LogP contribution in [-0.2, 0) is 13.1 Å². The summed E-state index contributed by atoms with van der Waals surface area (Å²) in [4.78, 5) is 23.4. The van der Waals surface area contributed by atoms with Crippen molar-refractivity contribution < 1.29 is 9.72 Å². The molecular formula is C20H16Cl2N6O3S. The smallest absolute Gasteiger partial charge is 0.304 e. The second-order valence-corrected chi connectivity index (χ2v) is 8.73. The first-order valence-electron chi connectivity index (χ1n) is 9.32. The molecule has 32 heavy (non-hydrogen) atoms. The Morgan fingerprint density at radius 3 is 2.72 bits per heavy atom. The van der Waals surface area contributed by atoms with Gasteiger partial charge in [-0.15, -0.1) is 11.3 Å². The van der Waals surface area contributed by atoms with Crippen LogP contribution < -0.4 is 5.32 Å². The predicted molar refractivity (Wildman–Crippen MR) is 123 cm³/mol. The molecule has 0 aliphatic heterocycles. The van der Waals surface area contributed by atoms with Crippen molar-refractivity contribution in [2.45, 2.75) is 20.0 Å². The molecule has 4 aromatic rings. The van der Waals surface area contributed by atoms with Gasteiger partial charge in [-0.05, 0) is 41.6 Å². The van der Waals surface area contributed by atoms with Crippen LogP contribution in [0.25, 0.3) is 0 Å². The largest absolute Gasteiger partial charge is 0.307 e. The molecule has 0 saturated heterocycles. The standard InChI is InChI=1S/C20H16Cl2N6O3S/c1-12-4-19(25-27(12)9-13-2-3-16(21)17(22)5-13)24-20(29)18-6-14(11-32-18)8-26-10-15(7-23-26)28(30)31/h2-7,10-11H,8-9H2,1H3,(H,24,25,29). The minimum absolute atomic E-state index is 0.0787. The molecule has 0 spiro atoms. The van der Waals surface area contributed by atoms with E-state index in [2.05, 4.69) is 15.5 Å². The molecule has 0 unspecified atom stereocenters. The van der Waals surface area contributed by atoms with E-state index in [0.717, 1.165) is 16.8 Å². The molecule has 0 atom stereocenters. The minimum atomic E-state index is -0.501. The summed E-state index contributed by atoms with van der Waals surface area (Å²) < 4.78 is 3.22. The summed E-state index contributed by atoms with van der Waals surface area (Å²) in [5.74, 6) is 0.150. The van der Waals surface area contributed by atoms with Crippen LogP contribution in [0.15, 0.2) is 48.1 Å². The lowest BCUT2D eigenvalue weighted by atomic mass is 10.2. The molecule has 0 aliphatic carbocycles. The normalized spacial score (nSPS) is 11.0. The number of nitrogens with one attached hydrogen (secondary N) is 1. The molecule has 12 heteroatoms. The van der Waals surface area contributed by atoms with E-state index >= 15 is 0 Å². The van der Waals surface area contributed by atoms with Crippen molar-refractivity contribution in [1.82, 2.24) is 19.6 Å². The van der Waals surface area contributed by atoms with Gasteiger partial charge < -0.3 is 5.32 Å². The van der Waals surface area contributed by atoms with Gasteiger partial charge in [0.2, 0.25) is 0 Å². The number of aryl methyl sites for hydroxylation is 1. The molecule has 3 heterocycles. The molecule has 164 valence electrons. The molecule has 9 nitrogen and oxygen atoms in total. The lowest BCUT2D eigenvalue weighted by Gasteiger charge is -2.06. The maximum atomic E-state index is 12.6. The van der Waals surface area contributed by atoms with Crippen molar-refractivity contribution in [2.75, 3.05) is 5.32 Å². The number of benzene rings is 1. The van der Waals surface area contributed by atoms with Gasteiger partial charge in [0.1, 0.15) is 12.4 Å². The number of nitrogens with zero attached hydrogens (tertiary/aromatic N) is 5. The fraction of sp³-hybridized carbons (Fsp3) is 0.150. The van der Waals surface area contributed by atoms with Crippen LogP contribution in [0.2, 0.25) is 10.0 Å². The van der Waals surface area contributed by atoms with E-state index in [0.29, 0.717) is 33.8 Å². The Kier molecular flexibility index (Phi) is 6.26. The minimum Gasteiger partial charge on any atom is -0.304 e. The number of nitro groups is 1. The summed E-state index contributed by atoms with van der Waals surface area (Å²) in [6.07, 6.45) is 2.54. The van der Waals surface area contributed by atoms with Crippen molar-refractivity contribution >= 4 is 52.0 Å². The number of hydrogen-bond acceptors (Lipinski definition) is 6. The van der Waals surface area contributed by atoms with Crippen molar-refractivity contribution in [3.8, 4) is 0 Å². The molecule has 4 rings (SSSR count). The highest BCUT2D eigenvalue weighted by atomic mass is 35.5. The maximum absolute atomic E-state index is 12.6. The van der Waals surface area contributed by atoms with Crippen LogP contribution in [0.4, 0.5) is 11.5 Å². The zero-order valence-corrected chi connectivity index (χ0v) is 19.0. The Bertz CT molecular complexity index is 1310. The van der Waals surface area contributed by atoms with E-state index < -0.39 is 4.92 Å². The first kappa shape index (κ1) is 22.0. The predicted octanol–water partition coefficient (Wildman–Crippen LogP) is 5.01. The van der Waals surface area contributed by atoms with Gasteiger partial charge in [0.25, 0.3) is 5.91 Å². The van der Waals surface area contributed by atoms with E-state index in [4.69, 9.17) is 23.2 Å². The number of rotatable bonds is 7. The summed E-state index contributed by atoms with van der Waals surface area (Å²) in [6.45, 7) is 2.71. The Morgan fingerprint density at radius 2 is 2.00 bits per heavy atom. The van der Waals surface area contributed by atoms with E-state index in [1.54, 1.807) is 28.9 Å². The van der Waals surface area contributed by atoms with E-state index in [1.807, 2.05) is 18.4 Å². The summed E-state index contributed by atoms with van der Waals surface area (Å²) >= 11 is 13.3. The second-order valence-electron chi connectivity index (χ2n) is 7.00. The Labute approximate surface area is 196 Å². The zero-order valence-electron chi connectivity index (χ0n) is 16.7. The lowest BCUT2D eigenvalue weighted by molar-refractivity contribution is -0.385. The molecule has 0 radical (unpaired) electrons. The Balaban J connectivity index is 1.41. The molecule has 0 aliphatic rings.